The zero-order chi connectivity index (χ0) is 27.4. The highest BCUT2D eigenvalue weighted by atomic mass is 16.6. The Morgan fingerprint density at radius 2 is 1.97 bits per heavy atom. The highest BCUT2D eigenvalue weighted by Gasteiger charge is 2.49. The lowest BCUT2D eigenvalue weighted by Crippen LogP contribution is -2.64. The van der Waals surface area contributed by atoms with Crippen LogP contribution in [0.15, 0.2) is 58.6 Å². The van der Waals surface area contributed by atoms with Crippen molar-refractivity contribution in [3.05, 3.63) is 64.2 Å². The molecule has 38 heavy (non-hydrogen) atoms. The van der Waals surface area contributed by atoms with Crippen molar-refractivity contribution in [1.29, 1.82) is 0 Å². The second-order valence-electron chi connectivity index (χ2n) is 8.63. The SMILES string of the molecule is COc1ccc(OCC(O)CN2C(N/N=C(/C)c3cccc([N+](=O)[O-])c3)=NC3C2C(=O)NC(=O)N3C)cc1. The summed E-state index contributed by atoms with van der Waals surface area (Å²) in [6, 6.07) is 11.3. The molecule has 1 saturated heterocycles. The van der Waals surface area contributed by atoms with E-state index >= 15 is 0 Å². The molecule has 200 valence electrons. The average Bonchev–Trinajstić information content (AvgIpc) is 3.28. The number of nitrogens with one attached hydrogen (secondary N) is 2. The minimum atomic E-state index is -1.04. The number of methoxy groups -OCH3 is 1. The number of aliphatic hydroxyl groups excluding tert-OH is 1. The van der Waals surface area contributed by atoms with Gasteiger partial charge in [-0.2, -0.15) is 5.10 Å². The number of carbonyl (C=O) groups is 2. The second kappa shape index (κ2) is 11.1. The van der Waals surface area contributed by atoms with Gasteiger partial charge in [-0.3, -0.25) is 20.2 Å². The molecule has 2 aliphatic rings. The molecule has 3 atom stereocenters. The molecule has 0 aromatic heterocycles. The summed E-state index contributed by atoms with van der Waals surface area (Å²) in [5.74, 6) is 0.760. The van der Waals surface area contributed by atoms with Gasteiger partial charge in [0.05, 0.1) is 24.3 Å². The summed E-state index contributed by atoms with van der Waals surface area (Å²) >= 11 is 0. The molecule has 2 aromatic carbocycles. The molecule has 0 bridgehead atoms. The molecule has 3 unspecified atom stereocenters. The zero-order valence-corrected chi connectivity index (χ0v) is 20.9. The van der Waals surface area contributed by atoms with Gasteiger partial charge < -0.3 is 24.4 Å². The Bertz CT molecular complexity index is 1280. The normalized spacial score (nSPS) is 19.9. The number of benzene rings is 2. The number of nitrogens with zero attached hydrogens (tertiary/aromatic N) is 5. The van der Waals surface area contributed by atoms with E-state index in [1.807, 2.05) is 0 Å². The zero-order valence-electron chi connectivity index (χ0n) is 20.9. The Morgan fingerprint density at radius 3 is 2.66 bits per heavy atom. The highest BCUT2D eigenvalue weighted by molar-refractivity contribution is 6.04. The van der Waals surface area contributed by atoms with Crippen LogP contribution in [-0.2, 0) is 4.79 Å². The number of non-ortho nitro benzene ring substituents is 1. The number of carbonyl (C=O) groups excluding carboxylic acids is 2. The predicted molar refractivity (Wildman–Crippen MR) is 136 cm³/mol. The third kappa shape index (κ3) is 5.64. The number of β-amino-alcohol motifs (C(OH)–C–C–N with tert-alkyl or cyclic N) is 1. The van der Waals surface area contributed by atoms with Crippen LogP contribution >= 0.6 is 0 Å². The average molecular weight is 526 g/mol. The number of hydrogen-bond donors (Lipinski definition) is 3. The number of likely N-dealkylation sites (N-methyl/N-ethyl adjacent to an activating group) is 1. The van der Waals surface area contributed by atoms with Crippen molar-refractivity contribution in [3.63, 3.8) is 0 Å². The molecule has 2 heterocycles. The molecule has 3 N–H and O–H groups in total. The van der Waals surface area contributed by atoms with Gasteiger partial charge in [0.15, 0.2) is 12.2 Å². The molecular formula is C24H27N7O7. The Labute approximate surface area is 217 Å². The molecule has 0 spiro atoms. The Morgan fingerprint density at radius 1 is 1.26 bits per heavy atom. The van der Waals surface area contributed by atoms with Crippen LogP contribution in [0.3, 0.4) is 0 Å². The first kappa shape index (κ1) is 26.3. The van der Waals surface area contributed by atoms with E-state index in [1.165, 1.54) is 29.0 Å². The van der Waals surface area contributed by atoms with Crippen LogP contribution in [0.25, 0.3) is 0 Å². The second-order valence-corrected chi connectivity index (χ2v) is 8.63. The topological polar surface area (TPSA) is 171 Å². The van der Waals surface area contributed by atoms with Crippen molar-refractivity contribution in [2.45, 2.75) is 25.2 Å². The summed E-state index contributed by atoms with van der Waals surface area (Å²) < 4.78 is 10.8. The smallest absolute Gasteiger partial charge is 0.325 e. The predicted octanol–water partition coefficient (Wildman–Crippen LogP) is 0.905. The van der Waals surface area contributed by atoms with Gasteiger partial charge in [-0.1, -0.05) is 12.1 Å². The van der Waals surface area contributed by atoms with Crippen molar-refractivity contribution in [3.8, 4) is 11.5 Å². The summed E-state index contributed by atoms with van der Waals surface area (Å²) in [7, 11) is 3.06. The van der Waals surface area contributed by atoms with Crippen LogP contribution in [0.4, 0.5) is 10.5 Å². The first-order chi connectivity index (χ1) is 18.2. The van der Waals surface area contributed by atoms with Crippen LogP contribution in [-0.4, -0.2) is 89.1 Å². The lowest BCUT2D eigenvalue weighted by atomic mass is 10.1. The van der Waals surface area contributed by atoms with E-state index in [-0.39, 0.29) is 24.8 Å². The number of rotatable bonds is 9. The Hall–Kier alpha value is -4.72. The number of imide groups is 1. The van der Waals surface area contributed by atoms with E-state index in [0.29, 0.717) is 22.8 Å². The van der Waals surface area contributed by atoms with Gasteiger partial charge in [0.2, 0.25) is 5.96 Å². The number of hydrazone groups is 1. The van der Waals surface area contributed by atoms with Gasteiger partial charge in [-0.15, -0.1) is 0 Å². The third-order valence-corrected chi connectivity index (χ3v) is 6.07. The molecule has 4 rings (SSSR count). The fraction of sp³-hybridized carbons (Fsp3) is 0.333. The number of guanidine groups is 1. The first-order valence-electron chi connectivity index (χ1n) is 11.6. The van der Waals surface area contributed by atoms with E-state index in [2.05, 4.69) is 20.8 Å². The molecule has 0 saturated carbocycles. The fourth-order valence-electron chi connectivity index (χ4n) is 4.01. The highest BCUT2D eigenvalue weighted by Crippen LogP contribution is 2.24. The number of amides is 3. The van der Waals surface area contributed by atoms with Gasteiger partial charge >= 0.3 is 6.03 Å². The molecule has 2 aliphatic heterocycles. The molecule has 3 amide bonds. The quantitative estimate of drug-likeness (QED) is 0.244. The molecule has 14 heteroatoms. The number of fused-ring (bicyclic) bond motifs is 1. The molecule has 0 aliphatic carbocycles. The van der Waals surface area contributed by atoms with Crippen LogP contribution in [0.1, 0.15) is 12.5 Å². The minimum Gasteiger partial charge on any atom is -0.497 e. The van der Waals surface area contributed by atoms with Gasteiger partial charge in [0, 0.05) is 24.7 Å². The molecule has 2 aromatic rings. The number of ether oxygens (including phenoxy) is 2. The lowest BCUT2D eigenvalue weighted by Gasteiger charge is -2.36. The van der Waals surface area contributed by atoms with Crippen molar-refractivity contribution >= 4 is 29.3 Å². The van der Waals surface area contributed by atoms with Gasteiger partial charge in [-0.25, -0.2) is 15.2 Å². The van der Waals surface area contributed by atoms with E-state index < -0.39 is 35.2 Å². The summed E-state index contributed by atoms with van der Waals surface area (Å²) in [5.41, 5.74) is 3.64. The van der Waals surface area contributed by atoms with Crippen LogP contribution in [0.5, 0.6) is 11.5 Å². The summed E-state index contributed by atoms with van der Waals surface area (Å²) in [4.78, 5) is 42.8. The summed E-state index contributed by atoms with van der Waals surface area (Å²) in [6.07, 6.45) is -1.89. The first-order valence-corrected chi connectivity index (χ1v) is 11.6. The Kier molecular flexibility index (Phi) is 7.71. The van der Waals surface area contributed by atoms with E-state index in [4.69, 9.17) is 9.47 Å². The van der Waals surface area contributed by atoms with Crippen LogP contribution < -0.4 is 20.2 Å². The summed E-state index contributed by atoms with van der Waals surface area (Å²) in [6.45, 7) is 1.50. The van der Waals surface area contributed by atoms with E-state index in [9.17, 15) is 24.8 Å². The van der Waals surface area contributed by atoms with Crippen molar-refractivity contribution in [2.75, 3.05) is 27.3 Å². The maximum absolute atomic E-state index is 12.7. The summed E-state index contributed by atoms with van der Waals surface area (Å²) in [5, 5.41) is 28.4. The van der Waals surface area contributed by atoms with Crippen molar-refractivity contribution < 1.29 is 29.1 Å². The van der Waals surface area contributed by atoms with Gasteiger partial charge in [0.1, 0.15) is 24.2 Å². The maximum Gasteiger partial charge on any atom is 0.325 e. The number of nitro benzene ring substituents is 1. The monoisotopic (exact) mass is 525 g/mol. The van der Waals surface area contributed by atoms with E-state index in [0.717, 1.165) is 0 Å². The number of aliphatic imine (C=N–C) groups is 1. The number of urea groups is 1. The van der Waals surface area contributed by atoms with Crippen LogP contribution in [0, 0.1) is 10.1 Å². The number of hydrogen-bond acceptors (Lipinski definition) is 11. The third-order valence-electron chi connectivity index (χ3n) is 6.07. The molecular weight excluding hydrogens is 498 g/mol. The Balaban J connectivity index is 1.51. The van der Waals surface area contributed by atoms with Crippen molar-refractivity contribution in [1.82, 2.24) is 20.5 Å². The minimum absolute atomic E-state index is 0.0655. The van der Waals surface area contributed by atoms with Crippen molar-refractivity contribution in [2.24, 2.45) is 10.1 Å². The van der Waals surface area contributed by atoms with E-state index in [1.54, 1.807) is 50.4 Å². The van der Waals surface area contributed by atoms with Crippen LogP contribution in [0.2, 0.25) is 0 Å². The molecule has 1 fully saturated rings. The molecule has 0 radical (unpaired) electrons. The molecule has 14 nitrogen and oxygen atoms in total. The number of aliphatic hydroxyl groups is 1. The maximum atomic E-state index is 12.7. The lowest BCUT2D eigenvalue weighted by molar-refractivity contribution is -0.384. The largest absolute Gasteiger partial charge is 0.497 e. The van der Waals surface area contributed by atoms with Gasteiger partial charge in [0.25, 0.3) is 11.6 Å². The standard InChI is InChI=1S/C24H27N7O7/c1-14(15-5-4-6-16(11-15)31(35)36)27-28-23-25-21-20(22(33)26-24(34)29(21)2)30(23)12-17(32)13-38-19-9-7-18(37-3)8-10-19/h4-11,17,20-21,32H,12-13H2,1-3H3,(H,25,28)(H,26,33,34)/b27-14-. The van der Waals surface area contributed by atoms with Gasteiger partial charge in [-0.05, 0) is 31.2 Å². The fourth-order valence-corrected chi connectivity index (χ4v) is 4.01. The number of nitro groups is 1.